The van der Waals surface area contributed by atoms with Gasteiger partial charge in [-0.15, -0.1) is 0 Å². The van der Waals surface area contributed by atoms with Gasteiger partial charge < -0.3 is 24.6 Å². The Bertz CT molecular complexity index is 741. The van der Waals surface area contributed by atoms with Crippen molar-refractivity contribution in [3.8, 4) is 5.75 Å². The summed E-state index contributed by atoms with van der Waals surface area (Å²) in [7, 11) is 0. The molecule has 2 rings (SSSR count). The van der Waals surface area contributed by atoms with E-state index in [1.54, 1.807) is 6.92 Å². The van der Waals surface area contributed by atoms with Crippen LogP contribution in [-0.2, 0) is 11.3 Å². The number of anilines is 1. The van der Waals surface area contributed by atoms with Gasteiger partial charge in [0.1, 0.15) is 12.3 Å². The molecule has 0 aliphatic heterocycles. The number of aromatic nitrogens is 2. The normalized spacial score (nSPS) is 11.9. The topological polar surface area (TPSA) is 93.8 Å². The monoisotopic (exact) mass is 403 g/mol. The SMILES string of the molecule is Cc1noc(CN=C(NCCCOCC(C)C)Nc2ccc(OC(C)C)cc2)n1. The van der Waals surface area contributed by atoms with E-state index in [0.717, 1.165) is 31.0 Å². The van der Waals surface area contributed by atoms with Crippen molar-refractivity contribution in [2.75, 3.05) is 25.1 Å². The fourth-order valence-corrected chi connectivity index (χ4v) is 2.42. The average Bonchev–Trinajstić information content (AvgIpc) is 3.08. The zero-order valence-electron chi connectivity index (χ0n) is 18.1. The summed E-state index contributed by atoms with van der Waals surface area (Å²) >= 11 is 0. The van der Waals surface area contributed by atoms with Crippen LogP contribution in [0.3, 0.4) is 0 Å². The molecule has 2 N–H and O–H groups in total. The molecular weight excluding hydrogens is 370 g/mol. The van der Waals surface area contributed by atoms with Crippen molar-refractivity contribution in [1.82, 2.24) is 15.5 Å². The third-order valence-electron chi connectivity index (χ3n) is 3.64. The minimum atomic E-state index is 0.142. The molecule has 1 aromatic carbocycles. The van der Waals surface area contributed by atoms with Gasteiger partial charge >= 0.3 is 0 Å². The van der Waals surface area contributed by atoms with Crippen molar-refractivity contribution in [3.05, 3.63) is 36.0 Å². The molecule has 0 saturated carbocycles. The molecule has 0 aliphatic carbocycles. The Labute approximate surface area is 173 Å². The van der Waals surface area contributed by atoms with Gasteiger partial charge in [0.2, 0.25) is 5.89 Å². The van der Waals surface area contributed by atoms with Crippen LogP contribution in [0.1, 0.15) is 45.8 Å². The Morgan fingerprint density at radius 3 is 2.55 bits per heavy atom. The first-order valence-electron chi connectivity index (χ1n) is 10.1. The molecule has 0 aliphatic rings. The van der Waals surface area contributed by atoms with Crippen LogP contribution < -0.4 is 15.4 Å². The minimum Gasteiger partial charge on any atom is -0.491 e. The van der Waals surface area contributed by atoms with Crippen LogP contribution in [0.25, 0.3) is 0 Å². The van der Waals surface area contributed by atoms with Crippen molar-refractivity contribution in [2.24, 2.45) is 10.9 Å². The van der Waals surface area contributed by atoms with Crippen LogP contribution in [0.4, 0.5) is 5.69 Å². The third kappa shape index (κ3) is 9.43. The number of benzene rings is 1. The molecule has 8 nitrogen and oxygen atoms in total. The van der Waals surface area contributed by atoms with Crippen molar-refractivity contribution >= 4 is 11.6 Å². The van der Waals surface area contributed by atoms with E-state index in [-0.39, 0.29) is 6.10 Å². The quantitative estimate of drug-likeness (QED) is 0.335. The van der Waals surface area contributed by atoms with Gasteiger partial charge in [0.05, 0.1) is 6.10 Å². The molecule has 1 aromatic heterocycles. The van der Waals surface area contributed by atoms with Gasteiger partial charge in [-0.05, 0) is 57.4 Å². The molecule has 0 unspecified atom stereocenters. The lowest BCUT2D eigenvalue weighted by molar-refractivity contribution is 0.108. The first-order chi connectivity index (χ1) is 13.9. The first kappa shape index (κ1) is 22.7. The van der Waals surface area contributed by atoms with Crippen LogP contribution in [0.2, 0.25) is 0 Å². The summed E-state index contributed by atoms with van der Waals surface area (Å²) in [6.07, 6.45) is 1.03. The molecule has 0 spiro atoms. The molecular formula is C21H33N5O3. The van der Waals surface area contributed by atoms with E-state index in [2.05, 4.69) is 39.6 Å². The number of aliphatic imine (C=N–C) groups is 1. The first-order valence-corrected chi connectivity index (χ1v) is 10.1. The van der Waals surface area contributed by atoms with Gasteiger partial charge in [-0.2, -0.15) is 4.98 Å². The van der Waals surface area contributed by atoms with E-state index in [1.807, 2.05) is 38.1 Å². The van der Waals surface area contributed by atoms with Crippen LogP contribution in [-0.4, -0.2) is 42.0 Å². The highest BCUT2D eigenvalue weighted by Crippen LogP contribution is 2.17. The lowest BCUT2D eigenvalue weighted by Gasteiger charge is -2.14. The number of hydrogen-bond acceptors (Lipinski definition) is 6. The molecule has 0 saturated heterocycles. The predicted molar refractivity (Wildman–Crippen MR) is 114 cm³/mol. The van der Waals surface area contributed by atoms with Gasteiger partial charge in [0, 0.05) is 25.4 Å². The number of nitrogens with zero attached hydrogens (tertiary/aromatic N) is 3. The lowest BCUT2D eigenvalue weighted by Crippen LogP contribution is -2.32. The largest absolute Gasteiger partial charge is 0.491 e. The van der Waals surface area contributed by atoms with E-state index in [0.29, 0.717) is 36.7 Å². The second kappa shape index (κ2) is 12.1. The fraction of sp³-hybridized carbons (Fsp3) is 0.571. The van der Waals surface area contributed by atoms with Crippen molar-refractivity contribution in [3.63, 3.8) is 0 Å². The Hall–Kier alpha value is -2.61. The van der Waals surface area contributed by atoms with E-state index in [9.17, 15) is 0 Å². The van der Waals surface area contributed by atoms with Gasteiger partial charge in [-0.1, -0.05) is 19.0 Å². The van der Waals surface area contributed by atoms with Crippen LogP contribution in [0.5, 0.6) is 5.75 Å². The van der Waals surface area contributed by atoms with Crippen molar-refractivity contribution in [2.45, 2.75) is 53.7 Å². The second-order valence-corrected chi connectivity index (χ2v) is 7.47. The zero-order chi connectivity index (χ0) is 21.1. The summed E-state index contributed by atoms with van der Waals surface area (Å²) in [4.78, 5) is 8.73. The number of hydrogen-bond donors (Lipinski definition) is 2. The summed E-state index contributed by atoms with van der Waals surface area (Å²) < 4.78 is 16.4. The maximum Gasteiger partial charge on any atom is 0.248 e. The van der Waals surface area contributed by atoms with E-state index >= 15 is 0 Å². The zero-order valence-corrected chi connectivity index (χ0v) is 18.1. The Balaban J connectivity index is 1.92. The van der Waals surface area contributed by atoms with Crippen LogP contribution >= 0.6 is 0 Å². The number of guanidine groups is 1. The maximum atomic E-state index is 5.69. The summed E-state index contributed by atoms with van der Waals surface area (Å²) in [6.45, 7) is 12.6. The standard InChI is InChI=1S/C21H33N5O3/c1-15(2)14-27-12-6-11-22-21(23-13-20-24-17(5)26-29-20)25-18-7-9-19(10-8-18)28-16(3)4/h7-10,15-16H,6,11-14H2,1-5H3,(H2,22,23,25). The molecule has 0 radical (unpaired) electrons. The smallest absolute Gasteiger partial charge is 0.248 e. The molecule has 1 heterocycles. The molecule has 0 bridgehead atoms. The Kier molecular flexibility index (Phi) is 9.43. The van der Waals surface area contributed by atoms with E-state index in [4.69, 9.17) is 14.0 Å². The molecule has 160 valence electrons. The molecule has 8 heteroatoms. The number of aryl methyl sites for hydroxylation is 1. The molecule has 0 amide bonds. The minimum absolute atomic E-state index is 0.142. The fourth-order valence-electron chi connectivity index (χ4n) is 2.42. The maximum absolute atomic E-state index is 5.69. The summed E-state index contributed by atoms with van der Waals surface area (Å²) in [5.74, 6) is 3.09. The molecule has 0 fully saturated rings. The van der Waals surface area contributed by atoms with Gasteiger partial charge in [0.25, 0.3) is 0 Å². The average molecular weight is 404 g/mol. The van der Waals surface area contributed by atoms with Crippen LogP contribution in [0.15, 0.2) is 33.8 Å². The Morgan fingerprint density at radius 2 is 1.93 bits per heavy atom. The van der Waals surface area contributed by atoms with Gasteiger partial charge in [-0.3, -0.25) is 0 Å². The summed E-state index contributed by atoms with van der Waals surface area (Å²) in [6, 6.07) is 7.77. The Morgan fingerprint density at radius 1 is 1.17 bits per heavy atom. The highest BCUT2D eigenvalue weighted by Gasteiger charge is 2.05. The number of rotatable bonds is 11. The van der Waals surface area contributed by atoms with Crippen molar-refractivity contribution < 1.29 is 14.0 Å². The van der Waals surface area contributed by atoms with Crippen molar-refractivity contribution in [1.29, 1.82) is 0 Å². The number of nitrogens with one attached hydrogen (secondary N) is 2. The van der Waals surface area contributed by atoms with E-state index < -0.39 is 0 Å². The molecule has 29 heavy (non-hydrogen) atoms. The van der Waals surface area contributed by atoms with Gasteiger partial charge in [0.15, 0.2) is 11.8 Å². The highest BCUT2D eigenvalue weighted by molar-refractivity contribution is 5.93. The third-order valence-corrected chi connectivity index (χ3v) is 3.64. The summed E-state index contributed by atoms with van der Waals surface area (Å²) in [5.41, 5.74) is 0.908. The molecule has 0 atom stereocenters. The second-order valence-electron chi connectivity index (χ2n) is 7.47. The van der Waals surface area contributed by atoms with E-state index in [1.165, 1.54) is 0 Å². The number of ether oxygens (including phenoxy) is 2. The van der Waals surface area contributed by atoms with Crippen LogP contribution in [0, 0.1) is 12.8 Å². The molecule has 2 aromatic rings. The predicted octanol–water partition coefficient (Wildman–Crippen LogP) is 3.79. The highest BCUT2D eigenvalue weighted by atomic mass is 16.5. The van der Waals surface area contributed by atoms with Gasteiger partial charge in [-0.25, -0.2) is 4.99 Å². The lowest BCUT2D eigenvalue weighted by atomic mass is 10.2. The summed E-state index contributed by atoms with van der Waals surface area (Å²) in [5, 5.41) is 10.4.